The minimum absolute atomic E-state index is 0. The normalized spacial score (nSPS) is 22.8. The lowest BCUT2D eigenvalue weighted by atomic mass is 9.86. The second-order valence-corrected chi connectivity index (χ2v) is 9.66. The Bertz CT molecular complexity index is 804. The number of piperidine rings is 1. The minimum Gasteiger partial charge on any atom is -0.487 e. The van der Waals surface area contributed by atoms with E-state index < -0.39 is 0 Å². The fraction of sp³-hybridized carbons (Fsp3) is 0.680. The molecule has 184 valence electrons. The van der Waals surface area contributed by atoms with Crippen LogP contribution >= 0.6 is 24.0 Å². The zero-order valence-electron chi connectivity index (χ0n) is 19.9. The van der Waals surface area contributed by atoms with Crippen LogP contribution < -0.4 is 21.1 Å². The zero-order chi connectivity index (χ0) is 22.4. The lowest BCUT2D eigenvalue weighted by molar-refractivity contribution is -0.123. The van der Waals surface area contributed by atoms with Crippen LogP contribution in [-0.2, 0) is 4.79 Å². The molecule has 0 radical (unpaired) electrons. The van der Waals surface area contributed by atoms with Crippen molar-refractivity contribution in [2.24, 2.45) is 16.6 Å². The van der Waals surface area contributed by atoms with E-state index in [0.29, 0.717) is 0 Å². The maximum atomic E-state index is 11.3. The van der Waals surface area contributed by atoms with Crippen LogP contribution in [0.1, 0.15) is 69.4 Å². The maximum Gasteiger partial charge on any atom is 0.220 e. The molecule has 4 rings (SSSR count). The molecule has 1 saturated heterocycles. The van der Waals surface area contributed by atoms with E-state index in [9.17, 15) is 4.79 Å². The highest BCUT2D eigenvalue weighted by Gasteiger charge is 2.43. The van der Waals surface area contributed by atoms with E-state index >= 15 is 0 Å². The Hall–Kier alpha value is -1.55. The number of aliphatic imine (C=N–C) groups is 1. The summed E-state index contributed by atoms with van der Waals surface area (Å²) in [4.78, 5) is 18.2. The van der Waals surface area contributed by atoms with Gasteiger partial charge in [-0.1, -0.05) is 18.2 Å². The molecule has 1 saturated carbocycles. The molecule has 1 spiro atoms. The van der Waals surface area contributed by atoms with Gasteiger partial charge in [0.15, 0.2) is 5.96 Å². The van der Waals surface area contributed by atoms with Gasteiger partial charge in [-0.3, -0.25) is 9.79 Å². The molecule has 2 heterocycles. The quantitative estimate of drug-likeness (QED) is 0.202. The first kappa shape index (κ1) is 26.1. The van der Waals surface area contributed by atoms with E-state index in [1.54, 1.807) is 0 Å². The van der Waals surface area contributed by atoms with Crippen LogP contribution in [0.3, 0.4) is 0 Å². The molecule has 4 N–H and O–H groups in total. The number of rotatable bonds is 7. The van der Waals surface area contributed by atoms with Gasteiger partial charge in [0.05, 0.1) is 6.04 Å². The van der Waals surface area contributed by atoms with E-state index in [1.165, 1.54) is 18.4 Å². The number of nitrogens with zero attached hydrogens (tertiary/aromatic N) is 2. The number of amides is 1. The van der Waals surface area contributed by atoms with Gasteiger partial charge in [-0.25, -0.2) is 0 Å². The third kappa shape index (κ3) is 6.74. The number of unbranched alkanes of at least 4 members (excludes halogenated alkanes) is 1. The highest BCUT2D eigenvalue weighted by Crippen LogP contribution is 2.46. The van der Waals surface area contributed by atoms with Gasteiger partial charge in [-0.15, -0.1) is 24.0 Å². The Morgan fingerprint density at radius 2 is 1.94 bits per heavy atom. The Labute approximate surface area is 215 Å². The highest BCUT2D eigenvalue weighted by molar-refractivity contribution is 14.0. The van der Waals surface area contributed by atoms with Crippen molar-refractivity contribution in [3.63, 3.8) is 0 Å². The number of primary amides is 1. The number of likely N-dealkylation sites (tertiary alicyclic amines) is 1. The summed E-state index contributed by atoms with van der Waals surface area (Å²) in [5.74, 6) is 1.82. The summed E-state index contributed by atoms with van der Waals surface area (Å²) < 4.78 is 6.49. The van der Waals surface area contributed by atoms with E-state index in [1.807, 2.05) is 7.05 Å². The summed E-state index contributed by atoms with van der Waals surface area (Å²) in [5, 5.41) is 7.18. The molecule has 1 atom stereocenters. The molecule has 2 fully saturated rings. The van der Waals surface area contributed by atoms with E-state index in [0.717, 1.165) is 82.8 Å². The van der Waals surface area contributed by atoms with Crippen molar-refractivity contribution in [3.8, 4) is 5.75 Å². The number of ether oxygens (including phenoxy) is 1. The topological polar surface area (TPSA) is 92.0 Å². The fourth-order valence-corrected chi connectivity index (χ4v) is 5.54. The van der Waals surface area contributed by atoms with Crippen molar-refractivity contribution in [3.05, 3.63) is 29.8 Å². The number of carbonyl (C=O) groups excluding carboxylic acids is 1. The summed E-state index contributed by atoms with van der Waals surface area (Å²) in [5.41, 5.74) is 6.64. The minimum atomic E-state index is -0.140. The molecule has 1 aromatic carbocycles. The Balaban J connectivity index is 0.00000306. The highest BCUT2D eigenvalue weighted by atomic mass is 127. The SMILES string of the molecule is CN=C(NCCCCN1CCC(C(N)=O)CC1)NC1CC2(CCCC2)Oc2ccccc21.I. The number of nitrogens with one attached hydrogen (secondary N) is 2. The average Bonchev–Trinajstić information content (AvgIpc) is 3.25. The number of benzene rings is 1. The first-order valence-corrected chi connectivity index (χ1v) is 12.4. The predicted octanol–water partition coefficient (Wildman–Crippen LogP) is 3.58. The molecule has 3 aliphatic rings. The van der Waals surface area contributed by atoms with Crippen molar-refractivity contribution in [1.82, 2.24) is 15.5 Å². The van der Waals surface area contributed by atoms with Crippen LogP contribution in [0.4, 0.5) is 0 Å². The van der Waals surface area contributed by atoms with Crippen molar-refractivity contribution >= 4 is 35.8 Å². The molecule has 1 aromatic rings. The number of fused-ring (bicyclic) bond motifs is 1. The van der Waals surface area contributed by atoms with Gasteiger partial charge in [-0.05, 0) is 77.1 Å². The smallest absolute Gasteiger partial charge is 0.220 e. The number of hydrogen-bond acceptors (Lipinski definition) is 4. The molecule has 7 nitrogen and oxygen atoms in total. The van der Waals surface area contributed by atoms with Gasteiger partial charge in [0.25, 0.3) is 0 Å². The van der Waals surface area contributed by atoms with E-state index in [-0.39, 0.29) is 47.4 Å². The van der Waals surface area contributed by atoms with Gasteiger partial charge in [0.1, 0.15) is 11.4 Å². The Morgan fingerprint density at radius 1 is 1.21 bits per heavy atom. The van der Waals surface area contributed by atoms with Crippen LogP contribution in [0, 0.1) is 5.92 Å². The largest absolute Gasteiger partial charge is 0.487 e. The number of guanidine groups is 1. The van der Waals surface area contributed by atoms with E-state index in [4.69, 9.17) is 10.5 Å². The summed E-state index contributed by atoms with van der Waals surface area (Å²) >= 11 is 0. The van der Waals surface area contributed by atoms with Crippen molar-refractivity contribution < 1.29 is 9.53 Å². The van der Waals surface area contributed by atoms with Gasteiger partial charge in [0.2, 0.25) is 5.91 Å². The van der Waals surface area contributed by atoms with Crippen LogP contribution in [0.5, 0.6) is 5.75 Å². The first-order chi connectivity index (χ1) is 15.6. The van der Waals surface area contributed by atoms with E-state index in [2.05, 4.69) is 44.8 Å². The van der Waals surface area contributed by atoms with Gasteiger partial charge in [0, 0.05) is 31.5 Å². The average molecular weight is 570 g/mol. The van der Waals surface area contributed by atoms with Crippen molar-refractivity contribution in [1.29, 1.82) is 0 Å². The molecule has 0 aromatic heterocycles. The van der Waals surface area contributed by atoms with Crippen LogP contribution in [-0.4, -0.2) is 55.6 Å². The second-order valence-electron chi connectivity index (χ2n) is 9.66. The lowest BCUT2D eigenvalue weighted by Crippen LogP contribution is -2.46. The third-order valence-electron chi connectivity index (χ3n) is 7.43. The maximum absolute atomic E-state index is 11.3. The number of halogens is 1. The van der Waals surface area contributed by atoms with Crippen molar-refractivity contribution in [2.75, 3.05) is 33.2 Å². The predicted molar refractivity (Wildman–Crippen MR) is 143 cm³/mol. The molecule has 33 heavy (non-hydrogen) atoms. The molecule has 8 heteroatoms. The summed E-state index contributed by atoms with van der Waals surface area (Å²) in [7, 11) is 1.84. The van der Waals surface area contributed by atoms with Gasteiger partial charge < -0.3 is 26.0 Å². The molecular weight excluding hydrogens is 529 g/mol. The number of para-hydroxylation sites is 1. The second kappa shape index (κ2) is 12.2. The molecular formula is C25H40IN5O2. The Kier molecular flexibility index (Phi) is 9.67. The fourth-order valence-electron chi connectivity index (χ4n) is 5.54. The van der Waals surface area contributed by atoms with Crippen LogP contribution in [0.25, 0.3) is 0 Å². The molecule has 1 amide bonds. The summed E-state index contributed by atoms with van der Waals surface area (Å²) in [6, 6.07) is 8.64. The molecule has 0 bridgehead atoms. The van der Waals surface area contributed by atoms with Crippen molar-refractivity contribution in [2.45, 2.75) is 69.4 Å². The monoisotopic (exact) mass is 569 g/mol. The molecule has 2 aliphatic heterocycles. The Morgan fingerprint density at radius 3 is 2.64 bits per heavy atom. The molecule has 1 unspecified atom stereocenters. The first-order valence-electron chi connectivity index (χ1n) is 12.4. The lowest BCUT2D eigenvalue weighted by Gasteiger charge is -2.40. The number of nitrogens with two attached hydrogens (primary N) is 1. The van der Waals surface area contributed by atoms with Gasteiger partial charge in [-0.2, -0.15) is 0 Å². The standard InChI is InChI=1S/C25H39N5O2.HI/c1-27-24(28-14-6-7-15-30-16-10-19(11-17-30)23(26)31)29-21-18-25(12-4-5-13-25)32-22-9-3-2-8-20(21)22;/h2-3,8-9,19,21H,4-7,10-18H2,1H3,(H2,26,31)(H2,27,28,29);1H. The zero-order valence-corrected chi connectivity index (χ0v) is 22.2. The molecule has 1 aliphatic carbocycles. The summed E-state index contributed by atoms with van der Waals surface area (Å²) in [6.07, 6.45) is 9.80. The van der Waals surface area contributed by atoms with Gasteiger partial charge >= 0.3 is 0 Å². The third-order valence-corrected chi connectivity index (χ3v) is 7.43. The number of carbonyl (C=O) groups is 1. The van der Waals surface area contributed by atoms with Crippen LogP contribution in [0.15, 0.2) is 29.3 Å². The van der Waals surface area contributed by atoms with Crippen LogP contribution in [0.2, 0.25) is 0 Å². The number of hydrogen-bond donors (Lipinski definition) is 3. The summed E-state index contributed by atoms with van der Waals surface area (Å²) in [6.45, 7) is 3.94.